The Bertz CT molecular complexity index is 1270. The zero-order chi connectivity index (χ0) is 24.4. The van der Waals surface area contributed by atoms with Gasteiger partial charge in [-0.2, -0.15) is 0 Å². The predicted molar refractivity (Wildman–Crippen MR) is 139 cm³/mol. The number of aromatic nitrogens is 2. The Labute approximate surface area is 208 Å². The van der Waals surface area contributed by atoms with Crippen LogP contribution in [0.5, 0.6) is 0 Å². The fraction of sp³-hybridized carbons (Fsp3) is 0.290. The quantitative estimate of drug-likeness (QED) is 0.373. The summed E-state index contributed by atoms with van der Waals surface area (Å²) in [6.07, 6.45) is 7.27. The Morgan fingerprint density at radius 3 is 2.20 bits per heavy atom. The summed E-state index contributed by atoms with van der Waals surface area (Å²) in [5.74, 6) is 1.10. The van der Waals surface area contributed by atoms with Crippen molar-refractivity contribution in [2.75, 3.05) is 0 Å². The fourth-order valence-electron chi connectivity index (χ4n) is 6.21. The lowest BCUT2D eigenvalue weighted by atomic mass is 9.64. The van der Waals surface area contributed by atoms with Crippen LogP contribution in [-0.2, 0) is 16.8 Å². The number of imidazole rings is 1. The second-order valence-electron chi connectivity index (χ2n) is 9.94. The maximum Gasteiger partial charge on any atom is 0.253 e. The number of hydrogen-bond donors (Lipinski definition) is 1. The van der Waals surface area contributed by atoms with E-state index in [1.807, 2.05) is 36.4 Å². The molecule has 4 nitrogen and oxygen atoms in total. The number of aryl methyl sites for hydroxylation is 1. The van der Waals surface area contributed by atoms with E-state index in [0.29, 0.717) is 6.04 Å². The normalized spacial score (nSPS) is 18.0. The third-order valence-corrected chi connectivity index (χ3v) is 7.89. The van der Waals surface area contributed by atoms with E-state index in [2.05, 4.69) is 83.9 Å². The van der Waals surface area contributed by atoms with Gasteiger partial charge in [-0.15, -0.1) is 0 Å². The highest BCUT2D eigenvalue weighted by Gasteiger charge is 2.51. The first-order chi connectivity index (χ1) is 17.0. The summed E-state index contributed by atoms with van der Waals surface area (Å²) in [6, 6.07) is 29.3. The molecule has 0 aliphatic heterocycles. The lowest BCUT2D eigenvalue weighted by molar-refractivity contribution is -0.694. The van der Waals surface area contributed by atoms with Crippen LogP contribution in [0.2, 0.25) is 0 Å². The number of carbonyl (C=O) groups excluding carboxylic acids is 1. The first kappa shape index (κ1) is 23.1. The maximum absolute atomic E-state index is 13.4. The molecule has 0 radical (unpaired) electrons. The van der Waals surface area contributed by atoms with Crippen LogP contribution >= 0.6 is 0 Å². The molecule has 1 amide bonds. The Hall–Kier alpha value is -3.66. The van der Waals surface area contributed by atoms with Crippen LogP contribution < -0.4 is 10.3 Å². The van der Waals surface area contributed by atoms with Crippen molar-refractivity contribution < 1.29 is 9.36 Å². The number of amides is 1. The average Bonchev–Trinajstić information content (AvgIpc) is 3.48. The molecule has 4 heteroatoms. The molecule has 1 aromatic heterocycles. The number of hydrogen-bond acceptors (Lipinski definition) is 1. The molecular weight excluding hydrogens is 430 g/mol. The molecule has 3 aromatic carbocycles. The second kappa shape index (κ2) is 9.53. The Morgan fingerprint density at radius 1 is 0.943 bits per heavy atom. The van der Waals surface area contributed by atoms with Gasteiger partial charge in [0.15, 0.2) is 0 Å². The maximum atomic E-state index is 13.4. The summed E-state index contributed by atoms with van der Waals surface area (Å²) < 4.78 is 4.72. The third kappa shape index (κ3) is 4.18. The Kier molecular flexibility index (Phi) is 6.29. The summed E-state index contributed by atoms with van der Waals surface area (Å²) in [7, 11) is 0. The number of nitrogens with two attached hydrogens (primary N) is 1. The van der Waals surface area contributed by atoms with Crippen molar-refractivity contribution in [1.29, 1.82) is 0 Å². The van der Waals surface area contributed by atoms with Gasteiger partial charge < -0.3 is 5.73 Å². The lowest BCUT2D eigenvalue weighted by Gasteiger charge is -2.37. The van der Waals surface area contributed by atoms with Crippen molar-refractivity contribution >= 4 is 5.91 Å². The summed E-state index contributed by atoms with van der Waals surface area (Å²) in [5.41, 5.74) is 10.0. The summed E-state index contributed by atoms with van der Waals surface area (Å²) in [5, 5.41) is 0. The number of benzene rings is 3. The van der Waals surface area contributed by atoms with Crippen molar-refractivity contribution in [3.8, 4) is 0 Å². The van der Waals surface area contributed by atoms with Gasteiger partial charge in [-0.3, -0.25) is 4.79 Å². The van der Waals surface area contributed by atoms with Gasteiger partial charge in [0.1, 0.15) is 30.4 Å². The minimum Gasteiger partial charge on any atom is -0.369 e. The van der Waals surface area contributed by atoms with Crippen LogP contribution in [0.1, 0.15) is 53.4 Å². The van der Waals surface area contributed by atoms with Gasteiger partial charge in [0, 0.05) is 6.92 Å². The van der Waals surface area contributed by atoms with Crippen LogP contribution in [0.15, 0.2) is 97.3 Å². The SMILES string of the molecule is Cc1cccc(C[n+]2ccn([C@H]3CC[C@@H](C(C(N)=O)(c4ccccc4)c4ccccc4)C3)c2C)c1. The van der Waals surface area contributed by atoms with E-state index >= 15 is 0 Å². The molecule has 2 atom stereocenters. The highest BCUT2D eigenvalue weighted by molar-refractivity contribution is 5.91. The van der Waals surface area contributed by atoms with E-state index < -0.39 is 5.41 Å². The minimum absolute atomic E-state index is 0.127. The van der Waals surface area contributed by atoms with Gasteiger partial charge >= 0.3 is 0 Å². The molecule has 178 valence electrons. The Morgan fingerprint density at radius 2 is 1.60 bits per heavy atom. The van der Waals surface area contributed by atoms with E-state index in [4.69, 9.17) is 5.73 Å². The zero-order valence-electron chi connectivity index (χ0n) is 20.6. The summed E-state index contributed by atoms with van der Waals surface area (Å²) >= 11 is 0. The van der Waals surface area contributed by atoms with Crippen LogP contribution in [0.25, 0.3) is 0 Å². The number of rotatable bonds is 7. The van der Waals surface area contributed by atoms with Gasteiger partial charge in [0.2, 0.25) is 5.91 Å². The molecule has 4 aromatic rings. The van der Waals surface area contributed by atoms with E-state index in [-0.39, 0.29) is 11.8 Å². The van der Waals surface area contributed by atoms with Crippen LogP contribution in [0, 0.1) is 19.8 Å². The molecular formula is C31H34N3O+. The summed E-state index contributed by atoms with van der Waals surface area (Å²) in [6.45, 7) is 5.18. The fourth-order valence-corrected chi connectivity index (χ4v) is 6.21. The van der Waals surface area contributed by atoms with Crippen LogP contribution in [0.4, 0.5) is 0 Å². The van der Waals surface area contributed by atoms with Gasteiger partial charge in [-0.05, 0) is 48.8 Å². The van der Waals surface area contributed by atoms with Gasteiger partial charge in [0.05, 0.1) is 0 Å². The molecule has 5 rings (SSSR count). The van der Waals surface area contributed by atoms with E-state index in [0.717, 1.165) is 36.9 Å². The van der Waals surface area contributed by atoms with Crippen molar-refractivity contribution in [1.82, 2.24) is 4.57 Å². The van der Waals surface area contributed by atoms with Crippen molar-refractivity contribution in [3.05, 3.63) is 125 Å². The molecule has 2 N–H and O–H groups in total. The molecule has 1 aliphatic carbocycles. The van der Waals surface area contributed by atoms with E-state index in [9.17, 15) is 4.79 Å². The second-order valence-corrected chi connectivity index (χ2v) is 9.94. The smallest absolute Gasteiger partial charge is 0.253 e. The van der Waals surface area contributed by atoms with Gasteiger partial charge in [-0.1, -0.05) is 90.5 Å². The zero-order valence-corrected chi connectivity index (χ0v) is 20.6. The third-order valence-electron chi connectivity index (χ3n) is 7.89. The Balaban J connectivity index is 1.47. The molecule has 0 saturated heterocycles. The van der Waals surface area contributed by atoms with Crippen LogP contribution in [0.3, 0.4) is 0 Å². The van der Waals surface area contributed by atoms with Crippen molar-refractivity contribution in [2.24, 2.45) is 11.7 Å². The largest absolute Gasteiger partial charge is 0.369 e. The number of nitrogens with zero attached hydrogens (tertiary/aromatic N) is 2. The monoisotopic (exact) mass is 464 g/mol. The first-order valence-corrected chi connectivity index (χ1v) is 12.5. The average molecular weight is 465 g/mol. The number of carbonyl (C=O) groups is 1. The van der Waals surface area contributed by atoms with Crippen LogP contribution in [-0.4, -0.2) is 10.5 Å². The molecule has 0 spiro atoms. The molecule has 1 aliphatic rings. The molecule has 1 saturated carbocycles. The molecule has 1 fully saturated rings. The van der Waals surface area contributed by atoms with Gasteiger partial charge in [-0.25, -0.2) is 9.13 Å². The highest BCUT2D eigenvalue weighted by atomic mass is 16.1. The molecule has 35 heavy (non-hydrogen) atoms. The topological polar surface area (TPSA) is 51.9 Å². The number of primary amides is 1. The lowest BCUT2D eigenvalue weighted by Crippen LogP contribution is -2.47. The summed E-state index contributed by atoms with van der Waals surface area (Å²) in [4.78, 5) is 13.4. The first-order valence-electron chi connectivity index (χ1n) is 12.5. The van der Waals surface area contributed by atoms with E-state index in [1.54, 1.807) is 0 Å². The molecule has 0 unspecified atom stereocenters. The molecule has 0 bridgehead atoms. The minimum atomic E-state index is -0.837. The van der Waals surface area contributed by atoms with Gasteiger partial charge in [0.25, 0.3) is 5.82 Å². The van der Waals surface area contributed by atoms with Crippen molar-refractivity contribution in [3.63, 3.8) is 0 Å². The highest BCUT2D eigenvalue weighted by Crippen LogP contribution is 2.49. The predicted octanol–water partition coefficient (Wildman–Crippen LogP) is 5.25. The van der Waals surface area contributed by atoms with Crippen molar-refractivity contribution in [2.45, 2.75) is 51.1 Å². The molecule has 1 heterocycles. The standard InChI is InChI=1S/C31H33N3O/c1-23-10-9-11-25(20-23)22-33-18-19-34(24(33)2)29-17-16-28(21-29)31(30(32)35,26-12-5-3-6-13-26)27-14-7-4-8-15-27/h3-15,18-20,28-29H,16-17,21-22H2,1-2H3,(H-,32,35)/p+1/t28-,29+/m1/s1. The van der Waals surface area contributed by atoms with E-state index in [1.165, 1.54) is 17.0 Å².